The summed E-state index contributed by atoms with van der Waals surface area (Å²) in [5, 5.41) is 12.6. The predicted molar refractivity (Wildman–Crippen MR) is 72.8 cm³/mol. The van der Waals surface area contributed by atoms with E-state index in [0.717, 1.165) is 12.2 Å². The number of anilines is 1. The molecule has 0 aliphatic carbocycles. The van der Waals surface area contributed by atoms with Gasteiger partial charge in [0.2, 0.25) is 0 Å². The van der Waals surface area contributed by atoms with Crippen LogP contribution in [0.1, 0.15) is 12.5 Å². The zero-order valence-electron chi connectivity index (χ0n) is 11.2. The molecule has 2 rings (SSSR count). The van der Waals surface area contributed by atoms with E-state index in [2.05, 4.69) is 5.32 Å². The molecule has 1 saturated heterocycles. The summed E-state index contributed by atoms with van der Waals surface area (Å²) in [5.41, 5.74) is 1.51. The predicted octanol–water partition coefficient (Wildman–Crippen LogP) is 1.13. The van der Waals surface area contributed by atoms with Crippen molar-refractivity contribution in [2.75, 3.05) is 37.8 Å². The summed E-state index contributed by atoms with van der Waals surface area (Å²) in [6.07, 6.45) is 0. The monoisotopic (exact) mass is 268 g/mol. The Kier molecular flexibility index (Phi) is 5.13. The molecule has 0 bridgehead atoms. The SMILES string of the molecule is CCNCc1c(F)cccc1N1CCOCC1CO. The van der Waals surface area contributed by atoms with Gasteiger partial charge in [-0.15, -0.1) is 0 Å². The Morgan fingerprint density at radius 1 is 1.53 bits per heavy atom. The highest BCUT2D eigenvalue weighted by molar-refractivity contribution is 5.55. The largest absolute Gasteiger partial charge is 0.394 e. The van der Waals surface area contributed by atoms with E-state index in [-0.39, 0.29) is 18.5 Å². The molecule has 1 atom stereocenters. The summed E-state index contributed by atoms with van der Waals surface area (Å²) >= 11 is 0. The van der Waals surface area contributed by atoms with Crippen molar-refractivity contribution in [2.45, 2.75) is 19.5 Å². The molecule has 0 aromatic heterocycles. The fourth-order valence-corrected chi connectivity index (χ4v) is 2.36. The lowest BCUT2D eigenvalue weighted by molar-refractivity contribution is 0.0726. The number of halogens is 1. The van der Waals surface area contributed by atoms with Crippen molar-refractivity contribution in [3.05, 3.63) is 29.6 Å². The molecule has 1 aliphatic heterocycles. The number of nitrogens with one attached hydrogen (secondary N) is 1. The fraction of sp³-hybridized carbons (Fsp3) is 0.571. The molecular formula is C14H21FN2O2. The summed E-state index contributed by atoms with van der Waals surface area (Å²) in [5.74, 6) is -0.207. The Balaban J connectivity index is 2.28. The third-order valence-electron chi connectivity index (χ3n) is 3.39. The molecule has 106 valence electrons. The van der Waals surface area contributed by atoms with Crippen LogP contribution in [0.25, 0.3) is 0 Å². The zero-order chi connectivity index (χ0) is 13.7. The summed E-state index contributed by atoms with van der Waals surface area (Å²) in [4.78, 5) is 2.04. The molecule has 2 N–H and O–H groups in total. The number of benzene rings is 1. The number of aliphatic hydroxyl groups excluding tert-OH is 1. The van der Waals surface area contributed by atoms with Crippen molar-refractivity contribution in [2.24, 2.45) is 0 Å². The van der Waals surface area contributed by atoms with Crippen LogP contribution in [0, 0.1) is 5.82 Å². The van der Waals surface area contributed by atoms with Crippen molar-refractivity contribution in [3.63, 3.8) is 0 Å². The third-order valence-corrected chi connectivity index (χ3v) is 3.39. The van der Waals surface area contributed by atoms with Gasteiger partial charge in [0.05, 0.1) is 25.9 Å². The molecule has 1 aromatic rings. The Hall–Kier alpha value is -1.17. The van der Waals surface area contributed by atoms with Gasteiger partial charge in [0.25, 0.3) is 0 Å². The number of ether oxygens (including phenoxy) is 1. The lowest BCUT2D eigenvalue weighted by Crippen LogP contribution is -2.48. The number of rotatable bonds is 5. The van der Waals surface area contributed by atoms with E-state index >= 15 is 0 Å². The van der Waals surface area contributed by atoms with Gasteiger partial charge in [0.1, 0.15) is 5.82 Å². The highest BCUT2D eigenvalue weighted by atomic mass is 19.1. The van der Waals surface area contributed by atoms with E-state index in [0.29, 0.717) is 31.9 Å². The lowest BCUT2D eigenvalue weighted by atomic mass is 10.1. The number of hydrogen-bond acceptors (Lipinski definition) is 4. The second-order valence-corrected chi connectivity index (χ2v) is 4.62. The summed E-state index contributed by atoms with van der Waals surface area (Å²) in [7, 11) is 0. The smallest absolute Gasteiger partial charge is 0.129 e. The minimum absolute atomic E-state index is 0.0111. The molecule has 1 aliphatic rings. The lowest BCUT2D eigenvalue weighted by Gasteiger charge is -2.37. The summed E-state index contributed by atoms with van der Waals surface area (Å²) < 4.78 is 19.4. The van der Waals surface area contributed by atoms with E-state index in [1.54, 1.807) is 6.07 Å². The molecule has 1 unspecified atom stereocenters. The molecule has 0 radical (unpaired) electrons. The molecule has 5 heteroatoms. The second kappa shape index (κ2) is 6.84. The first-order valence-electron chi connectivity index (χ1n) is 6.71. The van der Waals surface area contributed by atoms with Gasteiger partial charge in [0, 0.05) is 24.3 Å². The topological polar surface area (TPSA) is 44.7 Å². The van der Waals surface area contributed by atoms with Crippen LogP contribution in [-0.4, -0.2) is 44.1 Å². The van der Waals surface area contributed by atoms with Gasteiger partial charge >= 0.3 is 0 Å². The maximum absolute atomic E-state index is 14.0. The van der Waals surface area contributed by atoms with Gasteiger partial charge in [-0.3, -0.25) is 0 Å². The van der Waals surface area contributed by atoms with Crippen LogP contribution in [0.3, 0.4) is 0 Å². The van der Waals surface area contributed by atoms with Crippen molar-refractivity contribution in [1.29, 1.82) is 0 Å². The Labute approximate surface area is 113 Å². The molecule has 4 nitrogen and oxygen atoms in total. The van der Waals surface area contributed by atoms with E-state index in [9.17, 15) is 9.50 Å². The molecule has 0 amide bonds. The van der Waals surface area contributed by atoms with Crippen molar-refractivity contribution in [1.82, 2.24) is 5.32 Å². The Morgan fingerprint density at radius 2 is 2.37 bits per heavy atom. The van der Waals surface area contributed by atoms with Crippen LogP contribution in [0.15, 0.2) is 18.2 Å². The molecule has 1 heterocycles. The average Bonchev–Trinajstić information content (AvgIpc) is 2.46. The summed E-state index contributed by atoms with van der Waals surface area (Å²) in [6, 6.07) is 4.99. The quantitative estimate of drug-likeness (QED) is 0.840. The van der Waals surface area contributed by atoms with Crippen LogP contribution in [0.2, 0.25) is 0 Å². The Bertz CT molecular complexity index is 414. The minimum Gasteiger partial charge on any atom is -0.394 e. The standard InChI is InChI=1S/C14H21FN2O2/c1-2-16-8-12-13(15)4-3-5-14(12)17-6-7-19-10-11(17)9-18/h3-5,11,16,18H,2,6-10H2,1H3. The van der Waals surface area contributed by atoms with Gasteiger partial charge in [-0.25, -0.2) is 4.39 Å². The van der Waals surface area contributed by atoms with Crippen molar-refractivity contribution < 1.29 is 14.2 Å². The number of morpholine rings is 1. The average molecular weight is 268 g/mol. The summed E-state index contributed by atoms with van der Waals surface area (Å²) in [6.45, 7) is 5.05. The van der Waals surface area contributed by atoms with Gasteiger partial charge in [0.15, 0.2) is 0 Å². The maximum atomic E-state index is 14.0. The van der Waals surface area contributed by atoms with E-state index in [1.165, 1.54) is 6.07 Å². The van der Waals surface area contributed by atoms with Crippen LogP contribution < -0.4 is 10.2 Å². The molecule has 0 saturated carbocycles. The van der Waals surface area contributed by atoms with Crippen LogP contribution in [0.4, 0.5) is 10.1 Å². The molecule has 0 spiro atoms. The molecule has 1 fully saturated rings. The first-order chi connectivity index (χ1) is 9.27. The zero-order valence-corrected chi connectivity index (χ0v) is 11.2. The highest BCUT2D eigenvalue weighted by Crippen LogP contribution is 2.26. The van der Waals surface area contributed by atoms with Gasteiger partial charge < -0.3 is 20.1 Å². The first-order valence-corrected chi connectivity index (χ1v) is 6.71. The minimum atomic E-state index is -0.207. The molecule has 19 heavy (non-hydrogen) atoms. The van der Waals surface area contributed by atoms with Crippen LogP contribution in [0.5, 0.6) is 0 Å². The molecular weight excluding hydrogens is 247 g/mol. The van der Waals surface area contributed by atoms with E-state index < -0.39 is 0 Å². The van der Waals surface area contributed by atoms with Crippen molar-refractivity contribution in [3.8, 4) is 0 Å². The van der Waals surface area contributed by atoms with Gasteiger partial charge in [-0.05, 0) is 18.7 Å². The number of nitrogens with zero attached hydrogens (tertiary/aromatic N) is 1. The number of aliphatic hydroxyl groups is 1. The fourth-order valence-electron chi connectivity index (χ4n) is 2.36. The first kappa shape index (κ1) is 14.2. The van der Waals surface area contributed by atoms with Gasteiger partial charge in [-0.2, -0.15) is 0 Å². The molecule has 1 aromatic carbocycles. The van der Waals surface area contributed by atoms with Crippen molar-refractivity contribution >= 4 is 5.69 Å². The Morgan fingerprint density at radius 3 is 3.11 bits per heavy atom. The van der Waals surface area contributed by atoms with Gasteiger partial charge in [-0.1, -0.05) is 13.0 Å². The maximum Gasteiger partial charge on any atom is 0.129 e. The highest BCUT2D eigenvalue weighted by Gasteiger charge is 2.25. The second-order valence-electron chi connectivity index (χ2n) is 4.62. The van der Waals surface area contributed by atoms with E-state index in [4.69, 9.17) is 4.74 Å². The third kappa shape index (κ3) is 3.23. The normalized spacial score (nSPS) is 19.7. The van der Waals surface area contributed by atoms with Crippen LogP contribution in [-0.2, 0) is 11.3 Å². The van der Waals surface area contributed by atoms with Crippen LogP contribution >= 0.6 is 0 Å². The number of hydrogen-bond donors (Lipinski definition) is 2. The van der Waals surface area contributed by atoms with E-state index in [1.807, 2.05) is 17.9 Å².